The maximum Gasteiger partial charge on any atom is 0.264 e. The number of ether oxygens (including phenoxy) is 1. The van der Waals surface area contributed by atoms with Crippen LogP contribution < -0.4 is 4.90 Å². The summed E-state index contributed by atoms with van der Waals surface area (Å²) in [7, 11) is 0. The lowest BCUT2D eigenvalue weighted by Gasteiger charge is -2.28. The van der Waals surface area contributed by atoms with Crippen molar-refractivity contribution in [2.24, 2.45) is 0 Å². The minimum Gasteiger partial charge on any atom is -0.378 e. The summed E-state index contributed by atoms with van der Waals surface area (Å²) >= 11 is 1.63. The Morgan fingerprint density at radius 3 is 2.33 bits per heavy atom. The second-order valence-corrected chi connectivity index (χ2v) is 8.98. The van der Waals surface area contributed by atoms with Crippen LogP contribution in [0.4, 0.5) is 5.00 Å². The highest BCUT2D eigenvalue weighted by atomic mass is 32.1. The van der Waals surface area contributed by atoms with Gasteiger partial charge in [0.15, 0.2) is 0 Å². The Kier molecular flexibility index (Phi) is 5.56. The molecular formula is C25H26N2O2S. The number of hydrogen-bond acceptors (Lipinski definition) is 4. The highest BCUT2D eigenvalue weighted by Gasteiger charge is 2.34. The van der Waals surface area contributed by atoms with Crippen LogP contribution in [0, 0.1) is 0 Å². The average molecular weight is 419 g/mol. The third kappa shape index (κ3) is 4.13. The van der Waals surface area contributed by atoms with Crippen LogP contribution in [0.5, 0.6) is 0 Å². The van der Waals surface area contributed by atoms with Crippen molar-refractivity contribution in [1.29, 1.82) is 0 Å². The topological polar surface area (TPSA) is 32.8 Å². The van der Waals surface area contributed by atoms with E-state index in [0.29, 0.717) is 12.6 Å². The summed E-state index contributed by atoms with van der Waals surface area (Å²) in [5.41, 5.74) is 3.50. The first-order valence-electron chi connectivity index (χ1n) is 10.7. The Labute approximate surface area is 181 Å². The number of rotatable bonds is 6. The van der Waals surface area contributed by atoms with E-state index in [1.54, 1.807) is 11.3 Å². The lowest BCUT2D eigenvalue weighted by molar-refractivity contribution is 0.0735. The van der Waals surface area contributed by atoms with Crippen LogP contribution in [0.2, 0.25) is 0 Å². The van der Waals surface area contributed by atoms with Crippen molar-refractivity contribution in [3.05, 3.63) is 77.2 Å². The maximum absolute atomic E-state index is 13.6. The second kappa shape index (κ2) is 8.62. The number of nitrogens with zero attached hydrogens (tertiary/aromatic N) is 2. The third-order valence-corrected chi connectivity index (χ3v) is 6.93. The molecule has 0 radical (unpaired) electrons. The van der Waals surface area contributed by atoms with E-state index in [-0.39, 0.29) is 5.91 Å². The molecule has 5 rings (SSSR count). The van der Waals surface area contributed by atoms with E-state index >= 15 is 0 Å². The van der Waals surface area contributed by atoms with E-state index in [9.17, 15) is 4.79 Å². The number of anilines is 1. The van der Waals surface area contributed by atoms with Gasteiger partial charge in [0.25, 0.3) is 5.91 Å². The molecule has 0 unspecified atom stereocenters. The van der Waals surface area contributed by atoms with Gasteiger partial charge in [-0.3, -0.25) is 4.79 Å². The number of carbonyl (C=O) groups is 1. The molecule has 30 heavy (non-hydrogen) atoms. The molecule has 2 aliphatic rings. The molecule has 3 aromatic rings. The van der Waals surface area contributed by atoms with Gasteiger partial charge < -0.3 is 14.5 Å². The molecule has 0 spiro atoms. The smallest absolute Gasteiger partial charge is 0.264 e. The Morgan fingerprint density at radius 2 is 1.67 bits per heavy atom. The molecule has 1 aliphatic carbocycles. The number of amides is 1. The molecule has 2 fully saturated rings. The lowest BCUT2D eigenvalue weighted by Crippen LogP contribution is -2.36. The van der Waals surface area contributed by atoms with Crippen molar-refractivity contribution in [2.75, 3.05) is 31.2 Å². The van der Waals surface area contributed by atoms with Crippen LogP contribution in [0.25, 0.3) is 11.1 Å². The van der Waals surface area contributed by atoms with Crippen molar-refractivity contribution in [3.8, 4) is 11.1 Å². The molecule has 1 amide bonds. The number of benzene rings is 2. The molecule has 1 aromatic heterocycles. The van der Waals surface area contributed by atoms with Crippen molar-refractivity contribution < 1.29 is 9.53 Å². The highest BCUT2D eigenvalue weighted by molar-refractivity contribution is 7.18. The molecule has 2 aromatic carbocycles. The van der Waals surface area contributed by atoms with Gasteiger partial charge in [-0.15, -0.1) is 11.3 Å². The van der Waals surface area contributed by atoms with Crippen LogP contribution in [-0.4, -0.2) is 43.2 Å². The van der Waals surface area contributed by atoms with Crippen LogP contribution >= 0.6 is 11.3 Å². The van der Waals surface area contributed by atoms with E-state index in [1.807, 2.05) is 24.3 Å². The molecule has 1 saturated carbocycles. The maximum atomic E-state index is 13.6. The molecule has 154 valence electrons. The van der Waals surface area contributed by atoms with Gasteiger partial charge in [0.2, 0.25) is 0 Å². The average Bonchev–Trinajstić information content (AvgIpc) is 3.56. The molecule has 4 nitrogen and oxygen atoms in total. The third-order valence-electron chi connectivity index (χ3n) is 5.75. The first-order chi connectivity index (χ1) is 14.8. The van der Waals surface area contributed by atoms with Gasteiger partial charge in [0.05, 0.1) is 23.1 Å². The van der Waals surface area contributed by atoms with Gasteiger partial charge in [-0.05, 0) is 30.0 Å². The highest BCUT2D eigenvalue weighted by Crippen LogP contribution is 2.41. The molecule has 0 atom stereocenters. The minimum atomic E-state index is 0.156. The first-order valence-corrected chi connectivity index (χ1v) is 11.5. The van der Waals surface area contributed by atoms with Crippen LogP contribution in [0.3, 0.4) is 0 Å². The van der Waals surface area contributed by atoms with Gasteiger partial charge in [-0.1, -0.05) is 60.7 Å². The molecule has 1 aliphatic heterocycles. The quantitative estimate of drug-likeness (QED) is 0.561. The van der Waals surface area contributed by atoms with Crippen LogP contribution in [0.1, 0.15) is 28.1 Å². The summed E-state index contributed by atoms with van der Waals surface area (Å²) < 4.78 is 5.55. The lowest BCUT2D eigenvalue weighted by atomic mass is 10.1. The van der Waals surface area contributed by atoms with Gasteiger partial charge in [0.1, 0.15) is 0 Å². The predicted molar refractivity (Wildman–Crippen MR) is 122 cm³/mol. The predicted octanol–water partition coefficient (Wildman–Crippen LogP) is 5.06. The number of hydrogen-bond donors (Lipinski definition) is 0. The van der Waals surface area contributed by atoms with E-state index in [2.05, 4.69) is 52.3 Å². The summed E-state index contributed by atoms with van der Waals surface area (Å²) in [6, 6.07) is 23.2. The summed E-state index contributed by atoms with van der Waals surface area (Å²) in [5, 5.41) is 1.18. The van der Waals surface area contributed by atoms with E-state index < -0.39 is 0 Å². The number of thiophene rings is 1. The summed E-state index contributed by atoms with van der Waals surface area (Å²) in [6.07, 6.45) is 2.21. The Hall–Kier alpha value is -2.63. The van der Waals surface area contributed by atoms with E-state index in [1.165, 1.54) is 10.6 Å². The van der Waals surface area contributed by atoms with Crippen LogP contribution in [0.15, 0.2) is 66.7 Å². The monoisotopic (exact) mass is 418 g/mol. The molecular weight excluding hydrogens is 392 g/mol. The number of morpholine rings is 1. The van der Waals surface area contributed by atoms with Crippen molar-refractivity contribution in [1.82, 2.24) is 4.90 Å². The molecule has 0 bridgehead atoms. The zero-order valence-electron chi connectivity index (χ0n) is 17.0. The van der Waals surface area contributed by atoms with Crippen molar-refractivity contribution >= 4 is 22.2 Å². The Bertz CT molecular complexity index is 993. The standard InChI is InChI=1S/C25H26N2O2S/c28-24(27(21-11-12-21)18-19-7-3-1-4-8-19)23-17-22(20-9-5-2-6-10-20)25(30-23)26-13-15-29-16-14-26/h1-10,17,21H,11-16,18H2. The van der Waals surface area contributed by atoms with Crippen molar-refractivity contribution in [3.63, 3.8) is 0 Å². The normalized spacial score (nSPS) is 16.5. The largest absolute Gasteiger partial charge is 0.378 e. The molecule has 5 heteroatoms. The number of carbonyl (C=O) groups excluding carboxylic acids is 1. The van der Waals surface area contributed by atoms with Gasteiger partial charge >= 0.3 is 0 Å². The minimum absolute atomic E-state index is 0.156. The molecule has 0 N–H and O–H groups in total. The Balaban J connectivity index is 1.48. The van der Waals surface area contributed by atoms with E-state index in [4.69, 9.17) is 4.74 Å². The summed E-state index contributed by atoms with van der Waals surface area (Å²) in [4.78, 5) is 18.9. The fourth-order valence-corrected chi connectivity index (χ4v) is 5.18. The fraction of sp³-hybridized carbons (Fsp3) is 0.320. The van der Waals surface area contributed by atoms with E-state index in [0.717, 1.165) is 55.1 Å². The Morgan fingerprint density at radius 1 is 1.00 bits per heavy atom. The summed E-state index contributed by atoms with van der Waals surface area (Å²) in [5.74, 6) is 0.156. The summed E-state index contributed by atoms with van der Waals surface area (Å²) in [6.45, 7) is 3.87. The van der Waals surface area contributed by atoms with Gasteiger partial charge in [0, 0.05) is 31.2 Å². The second-order valence-electron chi connectivity index (χ2n) is 7.94. The van der Waals surface area contributed by atoms with Crippen LogP contribution in [-0.2, 0) is 11.3 Å². The zero-order valence-corrected chi connectivity index (χ0v) is 17.8. The molecule has 2 heterocycles. The fourth-order valence-electron chi connectivity index (χ4n) is 3.99. The first kappa shape index (κ1) is 19.3. The van der Waals surface area contributed by atoms with Gasteiger partial charge in [-0.2, -0.15) is 0 Å². The zero-order chi connectivity index (χ0) is 20.3. The van der Waals surface area contributed by atoms with Crippen molar-refractivity contribution in [2.45, 2.75) is 25.4 Å². The molecule has 1 saturated heterocycles. The van der Waals surface area contributed by atoms with Gasteiger partial charge in [-0.25, -0.2) is 0 Å². The SMILES string of the molecule is O=C(c1cc(-c2ccccc2)c(N2CCOCC2)s1)N(Cc1ccccc1)C1CC1.